The van der Waals surface area contributed by atoms with E-state index in [0.717, 1.165) is 0 Å². The summed E-state index contributed by atoms with van der Waals surface area (Å²) in [6, 6.07) is 7.06. The van der Waals surface area contributed by atoms with E-state index >= 15 is 0 Å². The number of rotatable bonds is 4. The summed E-state index contributed by atoms with van der Waals surface area (Å²) in [6.07, 6.45) is 0. The first-order valence-electron chi connectivity index (χ1n) is 6.25. The maximum Gasteiger partial charge on any atom is 0.254 e. The van der Waals surface area contributed by atoms with Crippen molar-refractivity contribution in [1.82, 2.24) is 15.3 Å². The molecule has 2 aromatic rings. The molecule has 1 aromatic heterocycles. The van der Waals surface area contributed by atoms with Gasteiger partial charge in [-0.05, 0) is 19.1 Å². The van der Waals surface area contributed by atoms with Crippen molar-refractivity contribution in [2.75, 3.05) is 12.8 Å². The molecule has 0 bridgehead atoms. The summed E-state index contributed by atoms with van der Waals surface area (Å²) < 4.78 is 5.61. The molecule has 0 atom stereocenters. The van der Waals surface area contributed by atoms with Crippen LogP contribution in [0.4, 0.5) is 5.95 Å². The van der Waals surface area contributed by atoms with Gasteiger partial charge in [-0.1, -0.05) is 23.7 Å². The molecule has 21 heavy (non-hydrogen) atoms. The third-order valence-electron chi connectivity index (χ3n) is 2.84. The van der Waals surface area contributed by atoms with Crippen molar-refractivity contribution < 1.29 is 9.53 Å². The number of anilines is 1. The number of aromatic nitrogens is 2. The van der Waals surface area contributed by atoms with E-state index in [1.807, 2.05) is 0 Å². The Morgan fingerprint density at radius 3 is 2.76 bits per heavy atom. The second kappa shape index (κ2) is 6.41. The second-order valence-corrected chi connectivity index (χ2v) is 4.69. The lowest BCUT2D eigenvalue weighted by Crippen LogP contribution is -2.23. The van der Waals surface area contributed by atoms with Gasteiger partial charge in [-0.15, -0.1) is 0 Å². The fourth-order valence-corrected chi connectivity index (χ4v) is 2.08. The predicted molar refractivity (Wildman–Crippen MR) is 80.4 cm³/mol. The van der Waals surface area contributed by atoms with Gasteiger partial charge in [0.25, 0.3) is 5.91 Å². The number of carbonyl (C=O) groups is 1. The number of hydrogen-bond acceptors (Lipinski definition) is 5. The topological polar surface area (TPSA) is 90.1 Å². The molecule has 1 heterocycles. The Morgan fingerprint density at radius 1 is 1.38 bits per heavy atom. The van der Waals surface area contributed by atoms with Gasteiger partial charge in [-0.25, -0.2) is 9.97 Å². The number of halogens is 1. The number of para-hydroxylation sites is 1. The van der Waals surface area contributed by atoms with Gasteiger partial charge in [0.15, 0.2) is 0 Å². The van der Waals surface area contributed by atoms with Gasteiger partial charge in [0.2, 0.25) is 5.95 Å². The molecule has 0 unspecified atom stereocenters. The molecule has 0 aliphatic carbocycles. The Bertz CT molecular complexity index is 676. The largest absolute Gasteiger partial charge is 0.486 e. The van der Waals surface area contributed by atoms with E-state index in [1.54, 1.807) is 31.2 Å². The molecule has 0 aliphatic heterocycles. The molecule has 0 aliphatic rings. The predicted octanol–water partition coefficient (Wildman–Crippen LogP) is 1.96. The smallest absolute Gasteiger partial charge is 0.254 e. The zero-order valence-electron chi connectivity index (χ0n) is 11.7. The molecule has 7 heteroatoms. The molecule has 6 nitrogen and oxygen atoms in total. The van der Waals surface area contributed by atoms with Gasteiger partial charge in [0.05, 0.1) is 22.0 Å². The number of nitrogens with zero attached hydrogens (tertiary/aromatic N) is 2. The lowest BCUT2D eigenvalue weighted by molar-refractivity contribution is 0.0959. The van der Waals surface area contributed by atoms with E-state index in [-0.39, 0.29) is 18.5 Å². The molecule has 1 amide bonds. The van der Waals surface area contributed by atoms with Gasteiger partial charge in [0.1, 0.15) is 12.4 Å². The van der Waals surface area contributed by atoms with E-state index < -0.39 is 0 Å². The standard InChI is InChI=1S/C14H15ClN4O2/c1-8-12(13(20)17-2)10(19-14(16)18-8)7-21-11-6-4-3-5-9(11)15/h3-6H,7H2,1-2H3,(H,17,20)(H2,16,18,19). The first-order chi connectivity index (χ1) is 10.0. The van der Waals surface area contributed by atoms with Crippen molar-refractivity contribution in [1.29, 1.82) is 0 Å². The maximum absolute atomic E-state index is 11.9. The monoisotopic (exact) mass is 306 g/mol. The molecular formula is C14H15ClN4O2. The van der Waals surface area contributed by atoms with Crippen molar-refractivity contribution in [2.45, 2.75) is 13.5 Å². The van der Waals surface area contributed by atoms with Crippen molar-refractivity contribution in [3.05, 3.63) is 46.2 Å². The average molecular weight is 307 g/mol. The van der Waals surface area contributed by atoms with E-state index in [4.69, 9.17) is 22.1 Å². The molecule has 2 rings (SSSR count). The zero-order valence-corrected chi connectivity index (χ0v) is 12.4. The summed E-state index contributed by atoms with van der Waals surface area (Å²) in [5.74, 6) is 0.319. The van der Waals surface area contributed by atoms with Crippen LogP contribution >= 0.6 is 11.6 Å². The Kier molecular flexibility index (Phi) is 4.59. The van der Waals surface area contributed by atoms with E-state index in [2.05, 4.69) is 15.3 Å². The highest BCUT2D eigenvalue weighted by Crippen LogP contribution is 2.24. The van der Waals surface area contributed by atoms with Crippen LogP contribution in [0.25, 0.3) is 0 Å². The maximum atomic E-state index is 11.9. The second-order valence-electron chi connectivity index (χ2n) is 4.29. The first kappa shape index (κ1) is 15.1. The van der Waals surface area contributed by atoms with Crippen LogP contribution in [-0.4, -0.2) is 22.9 Å². The molecule has 1 aromatic carbocycles. The SMILES string of the molecule is CNC(=O)c1c(C)nc(N)nc1COc1ccccc1Cl. The number of ether oxygens (including phenoxy) is 1. The number of nitrogens with two attached hydrogens (primary N) is 1. The lowest BCUT2D eigenvalue weighted by Gasteiger charge is -2.12. The summed E-state index contributed by atoms with van der Waals surface area (Å²) in [6.45, 7) is 1.77. The first-order valence-corrected chi connectivity index (χ1v) is 6.63. The summed E-state index contributed by atoms with van der Waals surface area (Å²) in [4.78, 5) is 20.0. The number of benzene rings is 1. The van der Waals surface area contributed by atoms with Crippen LogP contribution in [-0.2, 0) is 6.61 Å². The van der Waals surface area contributed by atoms with Gasteiger partial charge in [0, 0.05) is 7.05 Å². The number of hydrogen-bond donors (Lipinski definition) is 2. The summed E-state index contributed by atoms with van der Waals surface area (Å²) in [5.41, 5.74) is 6.91. The molecular weight excluding hydrogens is 292 g/mol. The highest BCUT2D eigenvalue weighted by Gasteiger charge is 2.17. The van der Waals surface area contributed by atoms with E-state index in [9.17, 15) is 4.79 Å². The van der Waals surface area contributed by atoms with Gasteiger partial charge in [-0.3, -0.25) is 4.79 Å². The Morgan fingerprint density at radius 2 is 2.10 bits per heavy atom. The summed E-state index contributed by atoms with van der Waals surface area (Å²) in [7, 11) is 1.54. The molecule has 0 spiro atoms. The summed E-state index contributed by atoms with van der Waals surface area (Å²) >= 11 is 6.02. The molecule has 110 valence electrons. The van der Waals surface area contributed by atoms with Crippen LogP contribution in [0.1, 0.15) is 21.7 Å². The normalized spacial score (nSPS) is 10.2. The molecule has 0 radical (unpaired) electrons. The van der Waals surface area contributed by atoms with Crippen LogP contribution in [0, 0.1) is 6.92 Å². The molecule has 0 saturated carbocycles. The van der Waals surface area contributed by atoms with Crippen LogP contribution in [0.5, 0.6) is 5.75 Å². The number of nitrogens with one attached hydrogen (secondary N) is 1. The summed E-state index contributed by atoms with van der Waals surface area (Å²) in [5, 5.41) is 3.03. The van der Waals surface area contributed by atoms with Crippen molar-refractivity contribution in [3.63, 3.8) is 0 Å². The van der Waals surface area contributed by atoms with Crippen LogP contribution in [0.15, 0.2) is 24.3 Å². The molecule has 3 N–H and O–H groups in total. The van der Waals surface area contributed by atoms with Gasteiger partial charge < -0.3 is 15.8 Å². The fourth-order valence-electron chi connectivity index (χ4n) is 1.89. The number of carbonyl (C=O) groups excluding carboxylic acids is 1. The fraction of sp³-hybridized carbons (Fsp3) is 0.214. The quantitative estimate of drug-likeness (QED) is 0.901. The Balaban J connectivity index is 2.31. The highest BCUT2D eigenvalue weighted by atomic mass is 35.5. The Hall–Kier alpha value is -2.34. The Labute approximate surface area is 127 Å². The van der Waals surface area contributed by atoms with Gasteiger partial charge in [-0.2, -0.15) is 0 Å². The zero-order chi connectivity index (χ0) is 15.4. The average Bonchev–Trinajstić information content (AvgIpc) is 2.45. The third kappa shape index (κ3) is 3.41. The van der Waals surface area contributed by atoms with E-state index in [1.165, 1.54) is 7.05 Å². The molecule has 0 fully saturated rings. The van der Waals surface area contributed by atoms with Crippen LogP contribution in [0.2, 0.25) is 5.02 Å². The van der Waals surface area contributed by atoms with Crippen molar-refractivity contribution in [2.24, 2.45) is 0 Å². The third-order valence-corrected chi connectivity index (χ3v) is 3.15. The minimum absolute atomic E-state index is 0.0695. The van der Waals surface area contributed by atoms with Crippen molar-refractivity contribution in [3.8, 4) is 5.75 Å². The number of nitrogen functional groups attached to an aromatic ring is 1. The minimum Gasteiger partial charge on any atom is -0.486 e. The van der Waals surface area contributed by atoms with E-state index in [0.29, 0.717) is 27.7 Å². The lowest BCUT2D eigenvalue weighted by atomic mass is 10.1. The number of aryl methyl sites for hydroxylation is 1. The number of amides is 1. The minimum atomic E-state index is -0.287. The van der Waals surface area contributed by atoms with Crippen LogP contribution in [0.3, 0.4) is 0 Å². The van der Waals surface area contributed by atoms with Crippen molar-refractivity contribution >= 4 is 23.5 Å². The highest BCUT2D eigenvalue weighted by molar-refractivity contribution is 6.32. The van der Waals surface area contributed by atoms with Crippen LogP contribution < -0.4 is 15.8 Å². The van der Waals surface area contributed by atoms with Gasteiger partial charge >= 0.3 is 0 Å². The molecule has 0 saturated heterocycles.